The summed E-state index contributed by atoms with van der Waals surface area (Å²) in [6, 6.07) is 15.9. The van der Waals surface area contributed by atoms with Crippen LogP contribution in [0, 0.1) is 6.92 Å². The van der Waals surface area contributed by atoms with Crippen LogP contribution in [0.2, 0.25) is 0 Å². The molecule has 2 aliphatic heterocycles. The van der Waals surface area contributed by atoms with Crippen molar-refractivity contribution >= 4 is 39.7 Å². The zero-order chi connectivity index (χ0) is 23.1. The van der Waals surface area contributed by atoms with Crippen molar-refractivity contribution in [3.8, 4) is 5.75 Å². The molecule has 0 saturated heterocycles. The molecule has 0 amide bonds. The van der Waals surface area contributed by atoms with Gasteiger partial charge >= 0.3 is 0 Å². The molecule has 0 atom stereocenters. The van der Waals surface area contributed by atoms with Crippen molar-refractivity contribution in [3.05, 3.63) is 70.6 Å². The first-order chi connectivity index (χ1) is 16.7. The summed E-state index contributed by atoms with van der Waals surface area (Å²) in [5.74, 6) is 1.25. The van der Waals surface area contributed by atoms with Crippen LogP contribution >= 0.6 is 0 Å². The molecule has 0 spiro atoms. The van der Waals surface area contributed by atoms with Crippen molar-refractivity contribution in [1.82, 2.24) is 14.5 Å². The lowest BCUT2D eigenvalue weighted by atomic mass is 10.1. The van der Waals surface area contributed by atoms with E-state index in [1.807, 2.05) is 36.4 Å². The monoisotopic (exact) mass is 454 g/mol. The summed E-state index contributed by atoms with van der Waals surface area (Å²) >= 11 is 0. The summed E-state index contributed by atoms with van der Waals surface area (Å²) in [7, 11) is 0. The van der Waals surface area contributed by atoms with Gasteiger partial charge in [0.15, 0.2) is 0 Å². The number of ether oxygens (including phenoxy) is 1. The summed E-state index contributed by atoms with van der Waals surface area (Å²) in [5.41, 5.74) is 5.35. The van der Waals surface area contributed by atoms with Crippen LogP contribution in [0.3, 0.4) is 0 Å². The lowest BCUT2D eigenvalue weighted by Crippen LogP contribution is -2.36. The number of hydrogen-bond donors (Lipinski definition) is 2. The first-order valence-corrected chi connectivity index (χ1v) is 11.7. The Morgan fingerprint density at radius 2 is 1.94 bits per heavy atom. The van der Waals surface area contributed by atoms with Gasteiger partial charge in [0.1, 0.15) is 17.1 Å². The first kappa shape index (κ1) is 20.5. The molecule has 0 aliphatic carbocycles. The number of hydrogen-bond acceptors (Lipinski definition) is 7. The van der Waals surface area contributed by atoms with Crippen molar-refractivity contribution < 1.29 is 4.74 Å². The van der Waals surface area contributed by atoms with Crippen LogP contribution in [0.4, 0.5) is 28.7 Å². The van der Waals surface area contributed by atoms with E-state index < -0.39 is 0 Å². The normalized spacial score (nSPS) is 15.3. The van der Waals surface area contributed by atoms with E-state index in [2.05, 4.69) is 39.6 Å². The molecule has 8 heteroatoms. The minimum absolute atomic E-state index is 0.0390. The zero-order valence-corrected chi connectivity index (χ0v) is 19.0. The average molecular weight is 455 g/mol. The predicted octanol–water partition coefficient (Wildman–Crippen LogP) is 4.58. The van der Waals surface area contributed by atoms with Gasteiger partial charge in [-0.15, -0.1) is 0 Å². The highest BCUT2D eigenvalue weighted by Crippen LogP contribution is 2.36. The predicted molar refractivity (Wildman–Crippen MR) is 135 cm³/mol. The standard InChI is InChI=1S/C26H26N6O2/c1-17-6-4-9-21-23(17)27-10-12-31(21)22-14-18-16-28-26-29-19-7-5-8-20(15-19)34-13-3-2-11-32(25(22)33)24(18)30-26/h4-9,14-16,27H,2-3,10-13H2,1H3,(H,28,29,30). The molecule has 4 bridgehead atoms. The summed E-state index contributed by atoms with van der Waals surface area (Å²) in [5, 5.41) is 7.57. The Kier molecular flexibility index (Phi) is 5.05. The van der Waals surface area contributed by atoms with E-state index in [0.29, 0.717) is 37.0 Å². The summed E-state index contributed by atoms with van der Waals surface area (Å²) < 4.78 is 7.70. The van der Waals surface area contributed by atoms with Gasteiger partial charge in [-0.05, 0) is 49.6 Å². The summed E-state index contributed by atoms with van der Waals surface area (Å²) in [6.07, 6.45) is 3.44. The van der Waals surface area contributed by atoms with Crippen LogP contribution < -0.4 is 25.8 Å². The maximum Gasteiger partial charge on any atom is 0.276 e. The molecule has 0 fully saturated rings. The Morgan fingerprint density at radius 3 is 2.88 bits per heavy atom. The molecular formula is C26H26N6O2. The number of pyridine rings is 1. The quantitative estimate of drug-likeness (QED) is 0.436. The molecule has 2 aliphatic rings. The molecule has 4 heterocycles. The molecule has 2 aromatic heterocycles. The van der Waals surface area contributed by atoms with Gasteiger partial charge in [-0.3, -0.25) is 9.36 Å². The van der Waals surface area contributed by atoms with E-state index in [-0.39, 0.29) is 5.56 Å². The van der Waals surface area contributed by atoms with E-state index in [9.17, 15) is 4.79 Å². The van der Waals surface area contributed by atoms with Crippen molar-refractivity contribution in [2.45, 2.75) is 26.3 Å². The second kappa shape index (κ2) is 8.37. The lowest BCUT2D eigenvalue weighted by Gasteiger charge is -2.33. The summed E-state index contributed by atoms with van der Waals surface area (Å²) in [4.78, 5) is 25.3. The second-order valence-corrected chi connectivity index (χ2v) is 8.71. The number of fused-ring (bicyclic) bond motifs is 4. The number of rotatable bonds is 1. The van der Waals surface area contributed by atoms with E-state index in [1.54, 1.807) is 10.8 Å². The number of para-hydroxylation sites is 1. The Balaban J connectivity index is 1.50. The van der Waals surface area contributed by atoms with E-state index in [0.717, 1.165) is 53.1 Å². The molecule has 34 heavy (non-hydrogen) atoms. The van der Waals surface area contributed by atoms with Gasteiger partial charge in [0.05, 0.1) is 18.0 Å². The molecule has 4 aromatic rings. The topological polar surface area (TPSA) is 84.3 Å². The lowest BCUT2D eigenvalue weighted by molar-refractivity contribution is 0.303. The van der Waals surface area contributed by atoms with Crippen molar-refractivity contribution in [2.24, 2.45) is 0 Å². The number of nitrogens with zero attached hydrogens (tertiary/aromatic N) is 4. The highest BCUT2D eigenvalue weighted by atomic mass is 16.5. The van der Waals surface area contributed by atoms with Crippen LogP contribution in [-0.4, -0.2) is 34.2 Å². The Bertz CT molecular complexity index is 1450. The highest BCUT2D eigenvalue weighted by Gasteiger charge is 2.23. The minimum Gasteiger partial charge on any atom is -0.494 e. The van der Waals surface area contributed by atoms with Crippen LogP contribution in [0.1, 0.15) is 18.4 Å². The summed E-state index contributed by atoms with van der Waals surface area (Å²) in [6.45, 7) is 4.72. The van der Waals surface area contributed by atoms with Crippen LogP contribution in [-0.2, 0) is 6.54 Å². The van der Waals surface area contributed by atoms with E-state index >= 15 is 0 Å². The molecule has 0 saturated carbocycles. The minimum atomic E-state index is -0.0390. The molecule has 172 valence electrons. The van der Waals surface area contributed by atoms with Gasteiger partial charge in [0.25, 0.3) is 5.56 Å². The Morgan fingerprint density at radius 1 is 1.03 bits per heavy atom. The second-order valence-electron chi connectivity index (χ2n) is 8.71. The number of nitrogens with one attached hydrogen (secondary N) is 2. The van der Waals surface area contributed by atoms with Gasteiger partial charge in [0.2, 0.25) is 5.95 Å². The fourth-order valence-electron chi connectivity index (χ4n) is 4.73. The van der Waals surface area contributed by atoms with Gasteiger partial charge in [-0.25, -0.2) is 4.98 Å². The number of aryl methyl sites for hydroxylation is 2. The van der Waals surface area contributed by atoms with Gasteiger partial charge in [-0.2, -0.15) is 4.98 Å². The third-order valence-electron chi connectivity index (χ3n) is 6.41. The smallest absolute Gasteiger partial charge is 0.276 e. The van der Waals surface area contributed by atoms with Gasteiger partial charge in [-0.1, -0.05) is 18.2 Å². The molecule has 8 nitrogen and oxygen atoms in total. The third kappa shape index (κ3) is 3.61. The van der Waals surface area contributed by atoms with Gasteiger partial charge in [0, 0.05) is 43.0 Å². The van der Waals surface area contributed by atoms with Crippen molar-refractivity contribution in [2.75, 3.05) is 35.2 Å². The number of anilines is 5. The molecule has 0 radical (unpaired) electrons. The Labute approximate surface area is 197 Å². The third-order valence-corrected chi connectivity index (χ3v) is 6.41. The van der Waals surface area contributed by atoms with Crippen LogP contribution in [0.25, 0.3) is 11.0 Å². The molecular weight excluding hydrogens is 428 g/mol. The molecule has 2 aromatic carbocycles. The van der Waals surface area contributed by atoms with Gasteiger partial charge < -0.3 is 20.3 Å². The highest BCUT2D eigenvalue weighted by molar-refractivity contribution is 5.85. The number of aromatic nitrogens is 3. The largest absolute Gasteiger partial charge is 0.494 e. The van der Waals surface area contributed by atoms with Crippen LogP contribution in [0.15, 0.2) is 59.5 Å². The SMILES string of the molecule is Cc1cccc2c1NCCN2c1cc2cnc3nc2n(c1=O)CCCCOc1cccc(c1)N3. The zero-order valence-electron chi connectivity index (χ0n) is 19.0. The Hall–Kier alpha value is -4.07. The molecule has 0 unspecified atom stereocenters. The molecule has 6 rings (SSSR count). The number of benzene rings is 2. The van der Waals surface area contributed by atoms with Crippen molar-refractivity contribution in [3.63, 3.8) is 0 Å². The first-order valence-electron chi connectivity index (χ1n) is 11.7. The maximum atomic E-state index is 13.9. The maximum absolute atomic E-state index is 13.9. The average Bonchev–Trinajstić information content (AvgIpc) is 2.85. The van der Waals surface area contributed by atoms with Crippen LogP contribution in [0.5, 0.6) is 5.75 Å². The van der Waals surface area contributed by atoms with Crippen molar-refractivity contribution in [1.29, 1.82) is 0 Å². The fraction of sp³-hybridized carbons (Fsp3) is 0.269. The fourth-order valence-corrected chi connectivity index (χ4v) is 4.73. The van der Waals surface area contributed by atoms with E-state index in [4.69, 9.17) is 9.72 Å². The molecule has 2 N–H and O–H groups in total. The van der Waals surface area contributed by atoms with E-state index in [1.165, 1.54) is 0 Å².